The average Bonchev–Trinajstić information content (AvgIpc) is 3.13. The molecule has 0 radical (unpaired) electrons. The molecule has 2 heterocycles. The van der Waals surface area contributed by atoms with Crippen molar-refractivity contribution < 1.29 is 23.9 Å². The van der Waals surface area contributed by atoms with Gasteiger partial charge >= 0.3 is 11.9 Å². The quantitative estimate of drug-likeness (QED) is 0.744. The van der Waals surface area contributed by atoms with Crippen LogP contribution in [0.2, 0.25) is 0 Å². The lowest BCUT2D eigenvalue weighted by molar-refractivity contribution is -0.143. The maximum Gasteiger partial charge on any atom is 0.334 e. The molecule has 5 heteroatoms. The highest BCUT2D eigenvalue weighted by Crippen LogP contribution is 2.61. The number of allylic oxidation sites excluding steroid dienone is 1. The first-order valence-corrected chi connectivity index (χ1v) is 8.73. The minimum atomic E-state index is -0.474. The van der Waals surface area contributed by atoms with Gasteiger partial charge in [0.1, 0.15) is 19.0 Å². The molecule has 24 heavy (non-hydrogen) atoms. The third-order valence-electron chi connectivity index (χ3n) is 6.58. The Kier molecular flexibility index (Phi) is 3.44. The van der Waals surface area contributed by atoms with Gasteiger partial charge in [0.05, 0.1) is 0 Å². The number of carbonyl (C=O) groups excluding carboxylic acids is 3. The fraction of sp³-hybridized carbons (Fsp3) is 0.632. The van der Waals surface area contributed by atoms with Crippen molar-refractivity contribution in [1.82, 2.24) is 0 Å². The zero-order valence-corrected chi connectivity index (χ0v) is 13.9. The molecule has 1 saturated carbocycles. The van der Waals surface area contributed by atoms with Crippen LogP contribution in [0.4, 0.5) is 0 Å². The van der Waals surface area contributed by atoms with Gasteiger partial charge in [0.25, 0.3) is 0 Å². The Morgan fingerprint density at radius 2 is 2.08 bits per heavy atom. The van der Waals surface area contributed by atoms with Gasteiger partial charge in [-0.25, -0.2) is 9.59 Å². The fourth-order valence-corrected chi connectivity index (χ4v) is 5.22. The number of ketones is 1. The predicted octanol–water partition coefficient (Wildman–Crippen LogP) is 2.50. The zero-order chi connectivity index (χ0) is 16.9. The first-order chi connectivity index (χ1) is 11.5. The maximum absolute atomic E-state index is 12.8. The molecule has 1 spiro atoms. The topological polar surface area (TPSA) is 69.7 Å². The summed E-state index contributed by atoms with van der Waals surface area (Å²) in [6, 6.07) is 0. The van der Waals surface area contributed by atoms with Crippen molar-refractivity contribution in [3.63, 3.8) is 0 Å². The first kappa shape index (κ1) is 15.6. The second-order valence-corrected chi connectivity index (χ2v) is 7.73. The van der Waals surface area contributed by atoms with Crippen molar-refractivity contribution in [2.45, 2.75) is 45.4 Å². The Bertz CT molecular complexity index is 688. The average molecular weight is 330 g/mol. The Morgan fingerprint density at radius 1 is 1.25 bits per heavy atom. The van der Waals surface area contributed by atoms with E-state index in [0.29, 0.717) is 38.9 Å². The molecule has 0 amide bonds. The minimum absolute atomic E-state index is 0.135. The van der Waals surface area contributed by atoms with Crippen LogP contribution in [-0.2, 0) is 23.9 Å². The van der Waals surface area contributed by atoms with E-state index in [1.54, 1.807) is 6.08 Å². The Labute approximate surface area is 141 Å². The zero-order valence-electron chi connectivity index (χ0n) is 13.9. The number of hydrogen-bond donors (Lipinski definition) is 0. The largest absolute Gasteiger partial charge is 0.461 e. The van der Waals surface area contributed by atoms with Crippen LogP contribution < -0.4 is 0 Å². The summed E-state index contributed by atoms with van der Waals surface area (Å²) in [6.07, 6.45) is 7.90. The summed E-state index contributed by atoms with van der Waals surface area (Å²) < 4.78 is 10.3. The highest BCUT2D eigenvalue weighted by atomic mass is 16.5. The van der Waals surface area contributed by atoms with E-state index in [9.17, 15) is 14.4 Å². The molecule has 2 aliphatic carbocycles. The maximum atomic E-state index is 12.8. The summed E-state index contributed by atoms with van der Waals surface area (Å²) in [5.74, 6) is -0.0749. The summed E-state index contributed by atoms with van der Waals surface area (Å²) in [5, 5.41) is 0. The van der Waals surface area contributed by atoms with Crippen LogP contribution in [0, 0.1) is 16.7 Å². The van der Waals surface area contributed by atoms with Gasteiger partial charge in [-0.1, -0.05) is 13.0 Å². The minimum Gasteiger partial charge on any atom is -0.461 e. The fourth-order valence-electron chi connectivity index (χ4n) is 5.22. The Balaban J connectivity index is 1.63. The summed E-state index contributed by atoms with van der Waals surface area (Å²) in [7, 11) is 0. The lowest BCUT2D eigenvalue weighted by atomic mass is 9.49. The number of carbonyl (C=O) groups is 3. The van der Waals surface area contributed by atoms with E-state index in [1.807, 2.05) is 13.0 Å². The number of ether oxygens (including phenoxy) is 2. The van der Waals surface area contributed by atoms with Gasteiger partial charge in [-0.3, -0.25) is 4.79 Å². The van der Waals surface area contributed by atoms with E-state index in [4.69, 9.17) is 9.47 Å². The van der Waals surface area contributed by atoms with Crippen LogP contribution >= 0.6 is 0 Å². The van der Waals surface area contributed by atoms with E-state index in [0.717, 1.165) is 24.0 Å². The molecular formula is C19H22O5. The molecule has 0 aromatic heterocycles. The van der Waals surface area contributed by atoms with Gasteiger partial charge in [-0.05, 0) is 43.6 Å². The van der Waals surface area contributed by atoms with Crippen molar-refractivity contribution in [2.24, 2.45) is 16.7 Å². The molecule has 5 nitrogen and oxygen atoms in total. The van der Waals surface area contributed by atoms with E-state index in [2.05, 4.69) is 0 Å². The molecule has 0 bridgehead atoms. The van der Waals surface area contributed by atoms with Gasteiger partial charge < -0.3 is 9.47 Å². The molecule has 2 fully saturated rings. The molecule has 128 valence electrons. The summed E-state index contributed by atoms with van der Waals surface area (Å²) >= 11 is 0. The number of rotatable bonds is 3. The third-order valence-corrected chi connectivity index (χ3v) is 6.58. The van der Waals surface area contributed by atoms with Crippen LogP contribution in [0.25, 0.3) is 0 Å². The van der Waals surface area contributed by atoms with Crippen molar-refractivity contribution >= 4 is 17.7 Å². The third kappa shape index (κ3) is 2.10. The number of Topliss-reactive ketones (excluding diaryl/α,β-unsaturated/α-hetero) is 1. The second-order valence-electron chi connectivity index (χ2n) is 7.73. The van der Waals surface area contributed by atoms with Crippen LogP contribution in [0.3, 0.4) is 0 Å². The summed E-state index contributed by atoms with van der Waals surface area (Å²) in [6.45, 7) is 2.80. The molecule has 3 atom stereocenters. The highest BCUT2D eigenvalue weighted by Gasteiger charge is 2.61. The van der Waals surface area contributed by atoms with E-state index in [1.165, 1.54) is 0 Å². The van der Waals surface area contributed by atoms with Gasteiger partial charge in [0.15, 0.2) is 0 Å². The van der Waals surface area contributed by atoms with Crippen molar-refractivity contribution in [1.29, 1.82) is 0 Å². The number of esters is 2. The van der Waals surface area contributed by atoms with Crippen LogP contribution in [0.1, 0.15) is 45.4 Å². The lowest BCUT2D eigenvalue weighted by Crippen LogP contribution is -2.52. The molecule has 1 saturated heterocycles. The van der Waals surface area contributed by atoms with Gasteiger partial charge in [-0.2, -0.15) is 0 Å². The molecule has 0 aromatic carbocycles. The van der Waals surface area contributed by atoms with Crippen LogP contribution in [0.5, 0.6) is 0 Å². The molecule has 2 aliphatic heterocycles. The van der Waals surface area contributed by atoms with Gasteiger partial charge in [0, 0.05) is 28.9 Å². The van der Waals surface area contributed by atoms with E-state index in [-0.39, 0.29) is 29.1 Å². The molecular weight excluding hydrogens is 308 g/mol. The molecule has 0 unspecified atom stereocenters. The van der Waals surface area contributed by atoms with Crippen molar-refractivity contribution in [3.05, 3.63) is 23.3 Å². The normalized spacial score (nSPS) is 38.0. The van der Waals surface area contributed by atoms with E-state index < -0.39 is 5.41 Å². The number of hydrogen-bond acceptors (Lipinski definition) is 5. The smallest absolute Gasteiger partial charge is 0.334 e. The molecule has 0 N–H and O–H groups in total. The summed E-state index contributed by atoms with van der Waals surface area (Å²) in [4.78, 5) is 36.2. The highest BCUT2D eigenvalue weighted by molar-refractivity contribution is 5.94. The Morgan fingerprint density at radius 3 is 2.83 bits per heavy atom. The summed E-state index contributed by atoms with van der Waals surface area (Å²) in [5.41, 5.74) is 1.00. The van der Waals surface area contributed by atoms with Crippen molar-refractivity contribution in [2.75, 3.05) is 13.2 Å². The van der Waals surface area contributed by atoms with Crippen LogP contribution in [-0.4, -0.2) is 30.9 Å². The van der Waals surface area contributed by atoms with Crippen molar-refractivity contribution in [3.8, 4) is 0 Å². The lowest BCUT2D eigenvalue weighted by Gasteiger charge is -2.52. The molecule has 4 aliphatic rings. The number of cyclic esters (lactones) is 2. The first-order valence-electron chi connectivity index (χ1n) is 8.73. The van der Waals surface area contributed by atoms with Crippen LogP contribution in [0.15, 0.2) is 23.3 Å². The monoisotopic (exact) mass is 330 g/mol. The molecule has 4 rings (SSSR count). The second kappa shape index (κ2) is 5.30. The van der Waals surface area contributed by atoms with E-state index >= 15 is 0 Å². The predicted molar refractivity (Wildman–Crippen MR) is 84.8 cm³/mol. The molecule has 0 aromatic rings. The standard InChI is InChI=1S/C19H22O5/c1-18(7-5-12-9-16(21)23-10-12)14-4-2-3-13-17(22)24-11-19(13,14)8-6-15(18)20/h3,9,14H,2,4-8,10-11H2,1H3/t14-,18-,19+/m0/s1. The Hall–Kier alpha value is -1.91. The van der Waals surface area contributed by atoms with Gasteiger partial charge in [-0.15, -0.1) is 0 Å². The SMILES string of the molecule is C[C@@]1(CCC2=CC(=O)OC2)C(=O)CC[C@@]23COC(=O)C2=CCC[C@H]31. The van der Waals surface area contributed by atoms with Gasteiger partial charge in [0.2, 0.25) is 0 Å².